The van der Waals surface area contributed by atoms with Crippen LogP contribution in [0.5, 0.6) is 0 Å². The van der Waals surface area contributed by atoms with E-state index in [1.54, 1.807) is 7.05 Å². The molecule has 0 bridgehead atoms. The van der Waals surface area contributed by atoms with E-state index >= 15 is 0 Å². The summed E-state index contributed by atoms with van der Waals surface area (Å²) in [6.45, 7) is 3.37. The van der Waals surface area contributed by atoms with Crippen LogP contribution in [0.2, 0.25) is 0 Å². The summed E-state index contributed by atoms with van der Waals surface area (Å²) < 4.78 is 0. The van der Waals surface area contributed by atoms with Crippen LogP contribution in [0.1, 0.15) is 13.8 Å². The smallest absolute Gasteiger partial charge is 0.222 e. The number of hydrogen-bond donors (Lipinski definition) is 1. The molecule has 0 aromatic carbocycles. The van der Waals surface area contributed by atoms with Gasteiger partial charge in [0.05, 0.1) is 0 Å². The molecule has 0 aromatic rings. The third kappa shape index (κ3) is 5.66. The quantitative estimate of drug-likeness (QED) is 0.479. The molecule has 0 radical (unpaired) electrons. The summed E-state index contributed by atoms with van der Waals surface area (Å²) in [6, 6.07) is 0. The maximum absolute atomic E-state index is 10.5. The summed E-state index contributed by atoms with van der Waals surface area (Å²) >= 11 is 1.39. The molecule has 0 spiro atoms. The number of nitrogens with one attached hydrogen (secondary N) is 1. The summed E-state index contributed by atoms with van der Waals surface area (Å²) in [5.41, 5.74) is 0. The minimum Gasteiger partial charge on any atom is -0.305 e. The van der Waals surface area contributed by atoms with Crippen molar-refractivity contribution >= 4 is 22.8 Å². The molecule has 0 aliphatic rings. The number of hydrogen-bond acceptors (Lipinski definition) is 3. The highest BCUT2D eigenvalue weighted by Gasteiger charge is 1.96. The molecule has 0 aliphatic carbocycles. The van der Waals surface area contributed by atoms with Crippen LogP contribution in [-0.4, -0.2) is 18.1 Å². The van der Waals surface area contributed by atoms with E-state index in [1.165, 1.54) is 18.7 Å². The summed E-state index contributed by atoms with van der Waals surface area (Å²) in [4.78, 5) is 14.4. The Kier molecular flexibility index (Phi) is 5.56. The van der Waals surface area contributed by atoms with Gasteiger partial charge in [0.1, 0.15) is 0 Å². The van der Waals surface area contributed by atoms with Crippen LogP contribution in [0, 0.1) is 0 Å². The molecule has 1 N–H and O–H groups in total. The standard InChI is InChI=1S/C7H12N2OS/c1-4-5-11-7(8-3)9-6(2)10/h4-5H,1-3H3,(H,8,9,10)/b5-4-. The predicted molar refractivity (Wildman–Crippen MR) is 49.6 cm³/mol. The van der Waals surface area contributed by atoms with Crippen LogP contribution in [0.4, 0.5) is 0 Å². The minimum absolute atomic E-state index is 0.0948. The number of aliphatic imine (C=N–C) groups is 1. The van der Waals surface area contributed by atoms with Gasteiger partial charge in [0.15, 0.2) is 5.17 Å². The summed E-state index contributed by atoms with van der Waals surface area (Å²) in [5.74, 6) is -0.0948. The average molecular weight is 172 g/mol. The predicted octanol–water partition coefficient (Wildman–Crippen LogP) is 1.38. The fraction of sp³-hybridized carbons (Fsp3) is 0.429. The van der Waals surface area contributed by atoms with Crippen molar-refractivity contribution in [2.75, 3.05) is 7.05 Å². The summed E-state index contributed by atoms with van der Waals surface area (Å²) in [7, 11) is 1.64. The summed E-state index contributed by atoms with van der Waals surface area (Å²) in [6.07, 6.45) is 1.89. The number of allylic oxidation sites excluding steroid dienone is 1. The Morgan fingerprint density at radius 1 is 1.64 bits per heavy atom. The van der Waals surface area contributed by atoms with Gasteiger partial charge >= 0.3 is 0 Å². The van der Waals surface area contributed by atoms with Crippen LogP contribution in [0.3, 0.4) is 0 Å². The first kappa shape index (κ1) is 10.2. The van der Waals surface area contributed by atoms with E-state index in [0.29, 0.717) is 5.17 Å². The molecular weight excluding hydrogens is 160 g/mol. The van der Waals surface area contributed by atoms with Crippen molar-refractivity contribution in [3.05, 3.63) is 11.5 Å². The van der Waals surface area contributed by atoms with Gasteiger partial charge in [-0.05, 0) is 12.3 Å². The summed E-state index contributed by atoms with van der Waals surface area (Å²) in [5, 5.41) is 5.07. The molecule has 62 valence electrons. The SMILES string of the molecule is C/C=C\SC(=NC)NC(C)=O. The molecule has 0 rings (SSSR count). The first-order valence-electron chi connectivity index (χ1n) is 3.23. The lowest BCUT2D eigenvalue weighted by molar-refractivity contribution is -0.117. The molecule has 4 heteroatoms. The van der Waals surface area contributed by atoms with Gasteiger partial charge in [-0.2, -0.15) is 0 Å². The highest BCUT2D eigenvalue weighted by Crippen LogP contribution is 2.02. The van der Waals surface area contributed by atoms with Gasteiger partial charge in [0, 0.05) is 14.0 Å². The highest BCUT2D eigenvalue weighted by atomic mass is 32.2. The van der Waals surface area contributed by atoms with E-state index in [0.717, 1.165) is 0 Å². The van der Waals surface area contributed by atoms with Gasteiger partial charge in [0.2, 0.25) is 5.91 Å². The Balaban J connectivity index is 3.88. The van der Waals surface area contributed by atoms with Gasteiger partial charge in [-0.25, -0.2) is 0 Å². The van der Waals surface area contributed by atoms with Gasteiger partial charge in [-0.1, -0.05) is 17.8 Å². The van der Waals surface area contributed by atoms with Gasteiger partial charge < -0.3 is 5.32 Å². The molecule has 11 heavy (non-hydrogen) atoms. The number of rotatable bonds is 1. The van der Waals surface area contributed by atoms with Crippen LogP contribution < -0.4 is 5.32 Å². The molecule has 0 atom stereocenters. The topological polar surface area (TPSA) is 41.5 Å². The highest BCUT2D eigenvalue weighted by molar-refractivity contribution is 8.16. The van der Waals surface area contributed by atoms with Crippen LogP contribution in [-0.2, 0) is 4.79 Å². The van der Waals surface area contributed by atoms with Crippen molar-refractivity contribution in [2.45, 2.75) is 13.8 Å². The van der Waals surface area contributed by atoms with Crippen molar-refractivity contribution < 1.29 is 4.79 Å². The first-order valence-corrected chi connectivity index (χ1v) is 4.11. The Morgan fingerprint density at radius 3 is 2.64 bits per heavy atom. The molecule has 0 aromatic heterocycles. The molecule has 0 unspecified atom stereocenters. The fourth-order valence-corrected chi connectivity index (χ4v) is 0.994. The molecule has 0 fully saturated rings. The lowest BCUT2D eigenvalue weighted by atomic mass is 10.7. The zero-order valence-corrected chi connectivity index (χ0v) is 7.73. The monoisotopic (exact) mass is 172 g/mol. The third-order valence-electron chi connectivity index (χ3n) is 0.802. The maximum atomic E-state index is 10.5. The van der Waals surface area contributed by atoms with Gasteiger partial charge in [-0.3, -0.25) is 9.79 Å². The number of thioether (sulfide) groups is 1. The second kappa shape index (κ2) is 5.97. The lowest BCUT2D eigenvalue weighted by Crippen LogP contribution is -2.24. The molecule has 1 amide bonds. The van der Waals surface area contributed by atoms with Crippen molar-refractivity contribution in [3.8, 4) is 0 Å². The van der Waals surface area contributed by atoms with E-state index in [-0.39, 0.29) is 5.91 Å². The minimum atomic E-state index is -0.0948. The van der Waals surface area contributed by atoms with Crippen molar-refractivity contribution in [3.63, 3.8) is 0 Å². The van der Waals surface area contributed by atoms with Crippen LogP contribution >= 0.6 is 11.8 Å². The number of carbonyl (C=O) groups excluding carboxylic acids is 1. The number of amidine groups is 1. The van der Waals surface area contributed by atoms with Gasteiger partial charge in [-0.15, -0.1) is 0 Å². The fourth-order valence-electron chi connectivity index (χ4n) is 0.421. The number of nitrogens with zero attached hydrogens (tertiary/aromatic N) is 1. The molecule has 0 saturated heterocycles. The number of carbonyl (C=O) groups is 1. The first-order chi connectivity index (χ1) is 5.20. The Hall–Kier alpha value is -0.770. The molecule has 3 nitrogen and oxygen atoms in total. The van der Waals surface area contributed by atoms with Crippen molar-refractivity contribution in [1.82, 2.24) is 5.32 Å². The Morgan fingerprint density at radius 2 is 2.27 bits per heavy atom. The van der Waals surface area contributed by atoms with E-state index in [1.807, 2.05) is 18.4 Å². The van der Waals surface area contributed by atoms with Crippen LogP contribution in [0.25, 0.3) is 0 Å². The maximum Gasteiger partial charge on any atom is 0.222 e. The zero-order valence-electron chi connectivity index (χ0n) is 6.92. The van der Waals surface area contributed by atoms with Gasteiger partial charge in [0.25, 0.3) is 0 Å². The number of amides is 1. The zero-order chi connectivity index (χ0) is 8.69. The Labute approximate surface area is 71.0 Å². The van der Waals surface area contributed by atoms with E-state index in [2.05, 4.69) is 10.3 Å². The van der Waals surface area contributed by atoms with Crippen LogP contribution in [0.15, 0.2) is 16.5 Å². The average Bonchev–Trinajstić information content (AvgIpc) is 1.97. The largest absolute Gasteiger partial charge is 0.305 e. The molecule has 0 heterocycles. The second-order valence-electron chi connectivity index (χ2n) is 1.80. The Bertz CT molecular complexity index is 187. The van der Waals surface area contributed by atoms with E-state index in [9.17, 15) is 4.79 Å². The van der Waals surface area contributed by atoms with Crippen molar-refractivity contribution in [1.29, 1.82) is 0 Å². The molecule has 0 saturated carbocycles. The third-order valence-corrected chi connectivity index (χ3v) is 1.72. The van der Waals surface area contributed by atoms with E-state index < -0.39 is 0 Å². The lowest BCUT2D eigenvalue weighted by Gasteiger charge is -2.00. The van der Waals surface area contributed by atoms with E-state index in [4.69, 9.17) is 0 Å². The normalized spacial score (nSPS) is 12.1. The van der Waals surface area contributed by atoms with Crippen molar-refractivity contribution in [2.24, 2.45) is 4.99 Å². The molecule has 0 aliphatic heterocycles. The second-order valence-corrected chi connectivity index (χ2v) is 2.69. The molecular formula is C7H12N2OS.